The first kappa shape index (κ1) is 16.7. The van der Waals surface area contributed by atoms with Crippen molar-refractivity contribution in [3.05, 3.63) is 11.8 Å². The number of allylic oxidation sites excluding steroid dienone is 2. The first-order valence-corrected chi connectivity index (χ1v) is 4.59. The van der Waals surface area contributed by atoms with E-state index in [0.29, 0.717) is 0 Å². The molecule has 0 bridgehead atoms. The van der Waals surface area contributed by atoms with Crippen molar-refractivity contribution in [2.24, 2.45) is 11.7 Å². The lowest BCUT2D eigenvalue weighted by Gasteiger charge is -2.28. The van der Waals surface area contributed by atoms with Gasteiger partial charge in [-0.1, -0.05) is 13.8 Å². The average molecular weight is 281 g/mol. The van der Waals surface area contributed by atoms with Gasteiger partial charge in [0, 0.05) is 12.0 Å². The van der Waals surface area contributed by atoms with E-state index in [0.717, 1.165) is 0 Å². The van der Waals surface area contributed by atoms with Crippen LogP contribution in [0.5, 0.6) is 0 Å². The fraction of sp³-hybridized carbons (Fsp3) is 0.667. The molecule has 0 saturated heterocycles. The van der Waals surface area contributed by atoms with Crippen molar-refractivity contribution in [2.45, 2.75) is 31.9 Å². The van der Waals surface area contributed by atoms with E-state index in [1.807, 2.05) is 0 Å². The monoisotopic (exact) mass is 281 g/mol. The predicted molar refractivity (Wildman–Crippen MR) is 48.1 cm³/mol. The third kappa shape index (κ3) is 2.94. The molecule has 0 aromatic rings. The Morgan fingerprint density at radius 3 is 1.72 bits per heavy atom. The van der Waals surface area contributed by atoms with Crippen LogP contribution < -0.4 is 5.73 Å². The first-order valence-electron chi connectivity index (χ1n) is 4.59. The molecule has 0 saturated carbocycles. The highest BCUT2D eigenvalue weighted by atomic mass is 19.4. The Balaban J connectivity index is 5.47. The zero-order valence-electron chi connectivity index (χ0n) is 9.29. The normalized spacial score (nSPS) is 15.1. The summed E-state index contributed by atoms with van der Waals surface area (Å²) in [7, 11) is 0. The van der Waals surface area contributed by atoms with Gasteiger partial charge in [-0.3, -0.25) is 4.79 Å². The number of carbonyl (C=O) groups excluding carboxylic acids is 1. The van der Waals surface area contributed by atoms with Gasteiger partial charge >= 0.3 is 18.0 Å². The van der Waals surface area contributed by atoms with Crippen molar-refractivity contribution in [1.82, 2.24) is 0 Å². The molecule has 18 heavy (non-hydrogen) atoms. The largest absolute Gasteiger partial charge is 0.460 e. The number of carbonyl (C=O) groups is 1. The number of alkyl halides is 7. The Kier molecular flexibility index (Phi) is 4.43. The summed E-state index contributed by atoms with van der Waals surface area (Å²) in [4.78, 5) is 11.0. The molecular formula is C9H10F7NO. The first-order chi connectivity index (χ1) is 7.75. The molecule has 0 aliphatic heterocycles. The molecule has 9 heteroatoms. The lowest BCUT2D eigenvalue weighted by atomic mass is 10.0. The number of ketones is 1. The van der Waals surface area contributed by atoms with E-state index < -0.39 is 35.4 Å². The second-order valence-electron chi connectivity index (χ2n) is 3.80. The lowest BCUT2D eigenvalue weighted by molar-refractivity contribution is -0.344. The maximum absolute atomic E-state index is 12.9. The second-order valence-corrected chi connectivity index (χ2v) is 3.80. The van der Waals surface area contributed by atoms with Crippen LogP contribution in [0.25, 0.3) is 0 Å². The molecule has 0 rings (SSSR count). The molecule has 0 spiro atoms. The van der Waals surface area contributed by atoms with Crippen LogP contribution in [0.4, 0.5) is 30.7 Å². The molecule has 0 aromatic carbocycles. The summed E-state index contributed by atoms with van der Waals surface area (Å²) in [5.41, 5.74) is 2.36. The van der Waals surface area contributed by atoms with Gasteiger partial charge in [-0.2, -0.15) is 30.7 Å². The van der Waals surface area contributed by atoms with E-state index in [9.17, 15) is 35.5 Å². The molecule has 0 amide bonds. The zero-order chi connectivity index (χ0) is 14.9. The number of rotatable bonds is 4. The van der Waals surface area contributed by atoms with Gasteiger partial charge in [0.25, 0.3) is 0 Å². The molecule has 0 aromatic heterocycles. The fourth-order valence-corrected chi connectivity index (χ4v) is 0.770. The van der Waals surface area contributed by atoms with E-state index in [2.05, 4.69) is 5.73 Å². The van der Waals surface area contributed by atoms with Gasteiger partial charge in [0.2, 0.25) is 0 Å². The third-order valence-electron chi connectivity index (χ3n) is 1.98. The standard InChI is InChI=1S/C9H10F7NO/c1-4(2)5(18)3-6(17)7(10,11)8(12,13)9(14,15)16/h3-4H,17H2,1-2H3/b6-3-. The quantitative estimate of drug-likeness (QED) is 0.636. The predicted octanol–water partition coefficient (Wildman–Crippen LogP) is 2.89. The number of nitrogens with two attached hydrogens (primary N) is 1. The summed E-state index contributed by atoms with van der Waals surface area (Å²) in [6.45, 7) is 2.48. The molecule has 0 unspecified atom stereocenters. The van der Waals surface area contributed by atoms with Crippen molar-refractivity contribution >= 4 is 5.78 Å². The van der Waals surface area contributed by atoms with Crippen LogP contribution in [-0.4, -0.2) is 23.8 Å². The molecule has 0 aliphatic carbocycles. The Hall–Kier alpha value is -1.28. The van der Waals surface area contributed by atoms with Gasteiger partial charge < -0.3 is 5.73 Å². The highest BCUT2D eigenvalue weighted by Gasteiger charge is 2.74. The van der Waals surface area contributed by atoms with Crippen molar-refractivity contribution in [3.8, 4) is 0 Å². The summed E-state index contributed by atoms with van der Waals surface area (Å²) >= 11 is 0. The number of hydrogen-bond donors (Lipinski definition) is 1. The molecule has 0 atom stereocenters. The van der Waals surface area contributed by atoms with Crippen LogP contribution in [0.15, 0.2) is 11.8 Å². The van der Waals surface area contributed by atoms with Crippen LogP contribution in [0.1, 0.15) is 13.8 Å². The minimum absolute atomic E-state index is 0.107. The maximum Gasteiger partial charge on any atom is 0.460 e. The average Bonchev–Trinajstić information content (AvgIpc) is 2.14. The fourth-order valence-electron chi connectivity index (χ4n) is 0.770. The summed E-state index contributed by atoms with van der Waals surface area (Å²) in [6, 6.07) is 0. The minimum Gasteiger partial charge on any atom is -0.397 e. The van der Waals surface area contributed by atoms with Gasteiger partial charge in [0.05, 0.1) is 5.70 Å². The number of hydrogen-bond acceptors (Lipinski definition) is 2. The van der Waals surface area contributed by atoms with E-state index in [-0.39, 0.29) is 6.08 Å². The van der Waals surface area contributed by atoms with E-state index in [1.54, 1.807) is 0 Å². The van der Waals surface area contributed by atoms with Crippen LogP contribution in [0.2, 0.25) is 0 Å². The molecular weight excluding hydrogens is 271 g/mol. The van der Waals surface area contributed by atoms with Crippen LogP contribution >= 0.6 is 0 Å². The summed E-state index contributed by atoms with van der Waals surface area (Å²) in [6.07, 6.45) is -6.58. The van der Waals surface area contributed by atoms with Gasteiger partial charge in [-0.05, 0) is 0 Å². The smallest absolute Gasteiger partial charge is 0.397 e. The van der Waals surface area contributed by atoms with E-state index in [4.69, 9.17) is 0 Å². The minimum atomic E-state index is -6.48. The zero-order valence-corrected chi connectivity index (χ0v) is 9.29. The summed E-state index contributed by atoms with van der Waals surface area (Å²) < 4.78 is 86.2. The molecule has 0 radical (unpaired) electrons. The van der Waals surface area contributed by atoms with Gasteiger partial charge in [0.15, 0.2) is 5.78 Å². The Labute approximate surface area is 97.6 Å². The van der Waals surface area contributed by atoms with Gasteiger partial charge in [-0.15, -0.1) is 0 Å². The van der Waals surface area contributed by atoms with Crippen molar-refractivity contribution in [3.63, 3.8) is 0 Å². The summed E-state index contributed by atoms with van der Waals surface area (Å²) in [5, 5.41) is 0. The van der Waals surface area contributed by atoms with Crippen LogP contribution in [0.3, 0.4) is 0 Å². The molecule has 2 N–H and O–H groups in total. The highest BCUT2D eigenvalue weighted by Crippen LogP contribution is 2.48. The maximum atomic E-state index is 12.9. The van der Waals surface area contributed by atoms with Crippen molar-refractivity contribution in [2.75, 3.05) is 0 Å². The molecule has 0 aliphatic rings. The van der Waals surface area contributed by atoms with Gasteiger partial charge in [0.1, 0.15) is 0 Å². The van der Waals surface area contributed by atoms with Gasteiger partial charge in [-0.25, -0.2) is 0 Å². The van der Waals surface area contributed by atoms with Crippen LogP contribution in [-0.2, 0) is 4.79 Å². The molecule has 2 nitrogen and oxygen atoms in total. The van der Waals surface area contributed by atoms with Crippen LogP contribution in [0, 0.1) is 5.92 Å². The van der Waals surface area contributed by atoms with Crippen molar-refractivity contribution < 1.29 is 35.5 Å². The number of halogens is 7. The third-order valence-corrected chi connectivity index (χ3v) is 1.98. The Bertz CT molecular complexity index is 356. The summed E-state index contributed by atoms with van der Waals surface area (Å²) in [5.74, 6) is -14.0. The SMILES string of the molecule is CC(C)C(=O)/C=C(\N)C(F)(F)C(F)(F)C(F)(F)F. The molecule has 106 valence electrons. The molecule has 0 heterocycles. The second kappa shape index (κ2) is 4.77. The van der Waals surface area contributed by atoms with E-state index >= 15 is 0 Å². The Morgan fingerprint density at radius 2 is 1.44 bits per heavy atom. The lowest BCUT2D eigenvalue weighted by Crippen LogP contribution is -2.54. The highest BCUT2D eigenvalue weighted by molar-refractivity contribution is 5.91. The van der Waals surface area contributed by atoms with Crippen molar-refractivity contribution in [1.29, 1.82) is 0 Å². The topological polar surface area (TPSA) is 43.1 Å². The molecule has 0 fully saturated rings. The van der Waals surface area contributed by atoms with E-state index in [1.165, 1.54) is 13.8 Å². The Morgan fingerprint density at radius 1 is 1.06 bits per heavy atom.